The fourth-order valence-electron chi connectivity index (χ4n) is 0.864. The SMILES string of the molecule is CC[C@H](C)CC[C@H](C)CO. The molecule has 0 spiro atoms. The molecular formula is C9H20O. The van der Waals surface area contributed by atoms with Crippen LogP contribution in [0.1, 0.15) is 40.0 Å². The summed E-state index contributed by atoms with van der Waals surface area (Å²) in [4.78, 5) is 0. The molecule has 1 heteroatoms. The predicted molar refractivity (Wildman–Crippen MR) is 44.9 cm³/mol. The molecule has 0 aromatic heterocycles. The first kappa shape index (κ1) is 9.96. The van der Waals surface area contributed by atoms with Crippen LogP contribution in [0.4, 0.5) is 0 Å². The highest BCUT2D eigenvalue weighted by atomic mass is 16.3. The van der Waals surface area contributed by atoms with E-state index in [1.165, 1.54) is 19.3 Å². The maximum Gasteiger partial charge on any atom is 0.0456 e. The molecule has 0 saturated heterocycles. The fraction of sp³-hybridized carbons (Fsp3) is 1.00. The molecular weight excluding hydrogens is 124 g/mol. The Balaban J connectivity index is 3.17. The average Bonchev–Trinajstić information content (AvgIpc) is 1.99. The molecule has 0 aromatic carbocycles. The second-order valence-electron chi connectivity index (χ2n) is 3.38. The van der Waals surface area contributed by atoms with Crippen LogP contribution in [0.15, 0.2) is 0 Å². The monoisotopic (exact) mass is 144 g/mol. The summed E-state index contributed by atoms with van der Waals surface area (Å²) in [5.74, 6) is 1.32. The molecule has 0 amide bonds. The van der Waals surface area contributed by atoms with E-state index in [-0.39, 0.29) is 0 Å². The Bertz CT molecular complexity index is 61.1. The fourth-order valence-corrected chi connectivity index (χ4v) is 0.864. The molecule has 0 rings (SSSR count). The molecule has 0 aliphatic heterocycles. The summed E-state index contributed by atoms with van der Waals surface area (Å²) in [6, 6.07) is 0. The van der Waals surface area contributed by atoms with Gasteiger partial charge in [-0.05, 0) is 18.3 Å². The van der Waals surface area contributed by atoms with Crippen LogP contribution in [0.3, 0.4) is 0 Å². The van der Waals surface area contributed by atoms with Gasteiger partial charge in [0.2, 0.25) is 0 Å². The van der Waals surface area contributed by atoms with Crippen molar-refractivity contribution in [1.82, 2.24) is 0 Å². The zero-order chi connectivity index (χ0) is 7.98. The van der Waals surface area contributed by atoms with Crippen LogP contribution in [0, 0.1) is 11.8 Å². The largest absolute Gasteiger partial charge is 0.396 e. The third-order valence-electron chi connectivity index (χ3n) is 2.16. The topological polar surface area (TPSA) is 20.2 Å². The molecule has 1 nitrogen and oxygen atoms in total. The van der Waals surface area contributed by atoms with Gasteiger partial charge in [-0.25, -0.2) is 0 Å². The van der Waals surface area contributed by atoms with Crippen LogP contribution in [0.5, 0.6) is 0 Å². The first-order valence-electron chi connectivity index (χ1n) is 4.31. The first-order chi connectivity index (χ1) is 4.70. The molecule has 62 valence electrons. The summed E-state index contributed by atoms with van der Waals surface area (Å²) in [6.07, 6.45) is 3.70. The van der Waals surface area contributed by atoms with E-state index in [2.05, 4.69) is 20.8 Å². The number of aliphatic hydroxyl groups excluding tert-OH is 1. The lowest BCUT2D eigenvalue weighted by Gasteiger charge is -2.11. The number of hydrogen-bond acceptors (Lipinski definition) is 1. The van der Waals surface area contributed by atoms with Crippen LogP contribution in [-0.2, 0) is 0 Å². The molecule has 0 bridgehead atoms. The molecule has 0 fully saturated rings. The number of hydrogen-bond donors (Lipinski definition) is 1. The van der Waals surface area contributed by atoms with Gasteiger partial charge in [-0.3, -0.25) is 0 Å². The molecule has 0 radical (unpaired) electrons. The van der Waals surface area contributed by atoms with Crippen molar-refractivity contribution in [2.75, 3.05) is 6.61 Å². The summed E-state index contributed by atoms with van der Waals surface area (Å²) >= 11 is 0. The highest BCUT2D eigenvalue weighted by molar-refractivity contribution is 4.55. The van der Waals surface area contributed by atoms with Gasteiger partial charge in [-0.15, -0.1) is 0 Å². The summed E-state index contributed by atoms with van der Waals surface area (Å²) in [5.41, 5.74) is 0. The van der Waals surface area contributed by atoms with Gasteiger partial charge < -0.3 is 5.11 Å². The molecule has 2 atom stereocenters. The van der Waals surface area contributed by atoms with Gasteiger partial charge in [-0.2, -0.15) is 0 Å². The van der Waals surface area contributed by atoms with Crippen LogP contribution >= 0.6 is 0 Å². The highest BCUT2D eigenvalue weighted by Crippen LogP contribution is 2.13. The van der Waals surface area contributed by atoms with Crippen LogP contribution in [-0.4, -0.2) is 11.7 Å². The van der Waals surface area contributed by atoms with Gasteiger partial charge in [0, 0.05) is 6.61 Å². The minimum atomic E-state index is 0.344. The Kier molecular flexibility index (Phi) is 5.70. The zero-order valence-electron chi connectivity index (χ0n) is 7.43. The molecule has 0 aliphatic rings. The van der Waals surface area contributed by atoms with E-state index in [1.807, 2.05) is 0 Å². The third-order valence-corrected chi connectivity index (χ3v) is 2.16. The first-order valence-corrected chi connectivity index (χ1v) is 4.31. The standard InChI is InChI=1S/C9H20O/c1-4-8(2)5-6-9(3)7-10/h8-10H,4-7H2,1-3H3/t8-,9-/m0/s1. The van der Waals surface area contributed by atoms with Gasteiger partial charge >= 0.3 is 0 Å². The Labute approximate surface area is 64.5 Å². The lowest BCUT2D eigenvalue weighted by Crippen LogP contribution is -2.03. The second-order valence-corrected chi connectivity index (χ2v) is 3.38. The lowest BCUT2D eigenvalue weighted by atomic mass is 9.97. The normalized spacial score (nSPS) is 16.8. The van der Waals surface area contributed by atoms with E-state index in [9.17, 15) is 0 Å². The van der Waals surface area contributed by atoms with E-state index in [1.54, 1.807) is 0 Å². The van der Waals surface area contributed by atoms with Crippen molar-refractivity contribution in [2.24, 2.45) is 11.8 Å². The minimum Gasteiger partial charge on any atom is -0.396 e. The summed E-state index contributed by atoms with van der Waals surface area (Å²) < 4.78 is 0. The molecule has 0 aliphatic carbocycles. The van der Waals surface area contributed by atoms with E-state index in [4.69, 9.17) is 5.11 Å². The Morgan fingerprint density at radius 2 is 1.60 bits per heavy atom. The van der Waals surface area contributed by atoms with Crippen LogP contribution < -0.4 is 0 Å². The smallest absolute Gasteiger partial charge is 0.0456 e. The van der Waals surface area contributed by atoms with Crippen molar-refractivity contribution in [3.8, 4) is 0 Å². The van der Waals surface area contributed by atoms with Crippen molar-refractivity contribution >= 4 is 0 Å². The van der Waals surface area contributed by atoms with Gasteiger partial charge in [0.15, 0.2) is 0 Å². The van der Waals surface area contributed by atoms with Crippen LogP contribution in [0.25, 0.3) is 0 Å². The summed E-state index contributed by atoms with van der Waals surface area (Å²) in [6.45, 7) is 6.93. The molecule has 0 aromatic rings. The zero-order valence-corrected chi connectivity index (χ0v) is 7.43. The Morgan fingerprint density at radius 3 is 2.00 bits per heavy atom. The minimum absolute atomic E-state index is 0.344. The number of aliphatic hydroxyl groups is 1. The molecule has 1 N–H and O–H groups in total. The third kappa shape index (κ3) is 4.80. The predicted octanol–water partition coefficient (Wildman–Crippen LogP) is 2.44. The lowest BCUT2D eigenvalue weighted by molar-refractivity contribution is 0.222. The highest BCUT2D eigenvalue weighted by Gasteiger charge is 2.02. The molecule has 0 saturated carbocycles. The van der Waals surface area contributed by atoms with E-state index < -0.39 is 0 Å². The number of rotatable bonds is 5. The van der Waals surface area contributed by atoms with E-state index in [0.717, 1.165) is 5.92 Å². The van der Waals surface area contributed by atoms with Crippen molar-refractivity contribution in [3.05, 3.63) is 0 Å². The van der Waals surface area contributed by atoms with Gasteiger partial charge in [0.05, 0.1) is 0 Å². The van der Waals surface area contributed by atoms with E-state index >= 15 is 0 Å². The van der Waals surface area contributed by atoms with Crippen molar-refractivity contribution in [1.29, 1.82) is 0 Å². The van der Waals surface area contributed by atoms with Gasteiger partial charge in [-0.1, -0.05) is 33.6 Å². The maximum atomic E-state index is 8.72. The maximum absolute atomic E-state index is 8.72. The van der Waals surface area contributed by atoms with Crippen molar-refractivity contribution in [2.45, 2.75) is 40.0 Å². The Morgan fingerprint density at radius 1 is 1.10 bits per heavy atom. The summed E-state index contributed by atoms with van der Waals surface area (Å²) in [7, 11) is 0. The summed E-state index contributed by atoms with van der Waals surface area (Å²) in [5, 5.41) is 8.72. The molecule has 0 unspecified atom stereocenters. The second kappa shape index (κ2) is 5.72. The van der Waals surface area contributed by atoms with Crippen LogP contribution in [0.2, 0.25) is 0 Å². The average molecular weight is 144 g/mol. The quantitative estimate of drug-likeness (QED) is 0.628. The molecule has 0 heterocycles. The van der Waals surface area contributed by atoms with Crippen molar-refractivity contribution in [3.63, 3.8) is 0 Å². The van der Waals surface area contributed by atoms with Gasteiger partial charge in [0.25, 0.3) is 0 Å². The molecule has 10 heavy (non-hydrogen) atoms. The van der Waals surface area contributed by atoms with E-state index in [0.29, 0.717) is 12.5 Å². The Hall–Kier alpha value is -0.0400. The van der Waals surface area contributed by atoms with Crippen molar-refractivity contribution < 1.29 is 5.11 Å². The van der Waals surface area contributed by atoms with Gasteiger partial charge in [0.1, 0.15) is 0 Å².